The number of carbonyl (C=O) groups is 1. The summed E-state index contributed by atoms with van der Waals surface area (Å²) in [5, 5.41) is 50.6. The molecule has 0 aromatic heterocycles. The van der Waals surface area contributed by atoms with Gasteiger partial charge in [0.05, 0.1) is 13.2 Å². The molecule has 8 nitrogen and oxygen atoms in total. The Balaban J connectivity index is 4.86. The van der Waals surface area contributed by atoms with Crippen LogP contribution in [-0.2, 0) is 9.53 Å². The number of aliphatic hydroxyl groups is 5. The van der Waals surface area contributed by atoms with Crippen molar-refractivity contribution >= 4 is 5.97 Å². The molecule has 0 aliphatic rings. The summed E-state index contributed by atoms with van der Waals surface area (Å²) in [6.07, 6.45) is 14.3. The standard InChI is InChI=1S/C32H65NO7/c1-5-7-9-11-13-14-15-16-17-18-20-22-24-40-32(39)28(30(37)31(38)29(36)27(35)25-34)33(4)26(3)23-21-19-12-10-8-6-2/h26-31,34-38H,5-25H2,1-4H3/t26?,27-,28?,29-,30+,31+/m1/s1/i4D. The zero-order valence-corrected chi connectivity index (χ0v) is 26.0. The van der Waals surface area contributed by atoms with Gasteiger partial charge in [0.1, 0.15) is 30.5 Å². The van der Waals surface area contributed by atoms with E-state index in [1.54, 1.807) is 0 Å². The van der Waals surface area contributed by atoms with E-state index in [1.165, 1.54) is 75.5 Å². The van der Waals surface area contributed by atoms with Gasteiger partial charge in [0, 0.05) is 7.41 Å². The van der Waals surface area contributed by atoms with E-state index in [9.17, 15) is 25.2 Å². The molecule has 0 aromatic carbocycles. The number of nitrogens with zero attached hydrogens (tertiary/aromatic N) is 1. The topological polar surface area (TPSA) is 131 Å². The number of ether oxygens (including phenoxy) is 1. The third-order valence-electron chi connectivity index (χ3n) is 7.99. The lowest BCUT2D eigenvalue weighted by Crippen LogP contribution is -2.58. The number of unbranched alkanes of at least 4 members (excludes halogenated alkanes) is 16. The van der Waals surface area contributed by atoms with E-state index in [0.29, 0.717) is 12.8 Å². The molecule has 0 saturated heterocycles. The minimum absolute atomic E-state index is 0.176. The Labute approximate surface area is 246 Å². The van der Waals surface area contributed by atoms with Crippen molar-refractivity contribution < 1.29 is 36.4 Å². The van der Waals surface area contributed by atoms with Gasteiger partial charge in [0.15, 0.2) is 0 Å². The van der Waals surface area contributed by atoms with Crippen molar-refractivity contribution in [1.82, 2.24) is 4.90 Å². The highest BCUT2D eigenvalue weighted by atomic mass is 16.5. The van der Waals surface area contributed by atoms with Gasteiger partial charge in [-0.15, -0.1) is 0 Å². The minimum atomic E-state index is -1.91. The zero-order chi connectivity index (χ0) is 30.9. The van der Waals surface area contributed by atoms with E-state index in [0.717, 1.165) is 38.5 Å². The fourth-order valence-electron chi connectivity index (χ4n) is 5.06. The van der Waals surface area contributed by atoms with Crippen LogP contribution in [0, 0.1) is 0 Å². The summed E-state index contributed by atoms with van der Waals surface area (Å²) in [6, 6.07) is -1.62. The first-order chi connectivity index (χ1) is 19.8. The molecule has 2 unspecified atom stereocenters. The predicted octanol–water partition coefficient (Wildman–Crippen LogP) is 5.11. The van der Waals surface area contributed by atoms with Crippen LogP contribution in [-0.4, -0.2) is 93.1 Å². The molecule has 40 heavy (non-hydrogen) atoms. The van der Waals surface area contributed by atoms with E-state index in [-0.39, 0.29) is 19.7 Å². The number of carbonyl (C=O) groups excluding carboxylic acids is 1. The number of aliphatic hydroxyl groups excluding tert-OH is 5. The number of hydrogen-bond acceptors (Lipinski definition) is 8. The lowest BCUT2D eigenvalue weighted by molar-refractivity contribution is -0.168. The first-order valence-corrected chi connectivity index (χ1v) is 16.3. The highest BCUT2D eigenvalue weighted by Crippen LogP contribution is 2.20. The average Bonchev–Trinajstić information content (AvgIpc) is 2.98. The molecule has 0 fully saturated rings. The van der Waals surface area contributed by atoms with Crippen molar-refractivity contribution in [2.45, 2.75) is 179 Å². The second-order valence-electron chi connectivity index (χ2n) is 11.6. The number of hydrogen-bond donors (Lipinski definition) is 5. The van der Waals surface area contributed by atoms with Crippen LogP contribution < -0.4 is 0 Å². The van der Waals surface area contributed by atoms with Crippen molar-refractivity contribution in [2.75, 3.05) is 20.2 Å². The summed E-state index contributed by atoms with van der Waals surface area (Å²) in [7, 11) is -0.308. The highest BCUT2D eigenvalue weighted by Gasteiger charge is 2.42. The lowest BCUT2D eigenvalue weighted by Gasteiger charge is -2.37. The minimum Gasteiger partial charge on any atom is -0.464 e. The molecule has 0 aromatic rings. The number of likely N-dealkylation sites (N-methyl/N-ethyl adjacent to an activating group) is 1. The normalized spacial score (nSPS) is 16.8. The van der Waals surface area contributed by atoms with Crippen LogP contribution in [0.1, 0.15) is 144 Å². The van der Waals surface area contributed by atoms with E-state index >= 15 is 0 Å². The maximum Gasteiger partial charge on any atom is 0.326 e. The summed E-state index contributed by atoms with van der Waals surface area (Å²) in [5.41, 5.74) is 0. The monoisotopic (exact) mass is 576 g/mol. The average molecular weight is 577 g/mol. The number of esters is 1. The smallest absolute Gasteiger partial charge is 0.326 e. The molecule has 5 N–H and O–H groups in total. The summed E-state index contributed by atoms with van der Waals surface area (Å²) >= 11 is 0. The summed E-state index contributed by atoms with van der Waals surface area (Å²) in [5.74, 6) is -0.757. The van der Waals surface area contributed by atoms with Crippen LogP contribution >= 0.6 is 0 Å². The van der Waals surface area contributed by atoms with E-state index < -0.39 is 43.0 Å². The van der Waals surface area contributed by atoms with Crippen LogP contribution in [0.15, 0.2) is 0 Å². The van der Waals surface area contributed by atoms with Gasteiger partial charge in [-0.2, -0.15) is 0 Å². The molecule has 0 bridgehead atoms. The van der Waals surface area contributed by atoms with E-state index in [2.05, 4.69) is 13.8 Å². The Morgan fingerprint density at radius 1 is 0.700 bits per heavy atom. The molecule has 0 saturated carbocycles. The van der Waals surface area contributed by atoms with Crippen molar-refractivity contribution in [2.24, 2.45) is 0 Å². The maximum atomic E-state index is 13.2. The van der Waals surface area contributed by atoms with Crippen molar-refractivity contribution in [3.63, 3.8) is 0 Å². The second kappa shape index (κ2) is 25.9. The van der Waals surface area contributed by atoms with Crippen LogP contribution in [0.4, 0.5) is 0 Å². The van der Waals surface area contributed by atoms with E-state index in [1.807, 2.05) is 6.92 Å². The van der Waals surface area contributed by atoms with Crippen LogP contribution in [0.2, 0.25) is 0 Å². The largest absolute Gasteiger partial charge is 0.464 e. The molecular formula is C32H65NO7. The van der Waals surface area contributed by atoms with Gasteiger partial charge < -0.3 is 30.3 Å². The Morgan fingerprint density at radius 2 is 1.15 bits per heavy atom. The lowest BCUT2D eigenvalue weighted by atomic mass is 9.95. The second-order valence-corrected chi connectivity index (χ2v) is 11.6. The van der Waals surface area contributed by atoms with Crippen LogP contribution in [0.3, 0.4) is 0 Å². The Hall–Kier alpha value is -0.770. The molecule has 0 spiro atoms. The SMILES string of the molecule is [2H]CN(C(C)CCCCCCCC)C(C(=O)OCCCCCCCCCCCCCC)[C@H](O)[C@@H](O)[C@H](O)[C@H](O)CO. The molecule has 0 amide bonds. The van der Waals surface area contributed by atoms with Gasteiger partial charge in [-0.1, -0.05) is 123 Å². The number of rotatable bonds is 28. The van der Waals surface area contributed by atoms with Crippen LogP contribution in [0.5, 0.6) is 0 Å². The third kappa shape index (κ3) is 17.9. The molecule has 6 atom stereocenters. The first-order valence-electron chi connectivity index (χ1n) is 17.0. The van der Waals surface area contributed by atoms with Crippen LogP contribution in [0.25, 0.3) is 0 Å². The van der Waals surface area contributed by atoms with Gasteiger partial charge in [0.2, 0.25) is 0 Å². The Kier molecular flexibility index (Phi) is 24.1. The molecule has 8 heteroatoms. The van der Waals surface area contributed by atoms with Crippen molar-refractivity contribution in [3.05, 3.63) is 0 Å². The summed E-state index contributed by atoms with van der Waals surface area (Å²) < 4.78 is 13.6. The van der Waals surface area contributed by atoms with Gasteiger partial charge in [-0.3, -0.25) is 9.69 Å². The first kappa shape index (κ1) is 37.3. The van der Waals surface area contributed by atoms with Gasteiger partial charge in [0.25, 0.3) is 0 Å². The van der Waals surface area contributed by atoms with Crippen molar-refractivity contribution in [1.29, 1.82) is 0 Å². The molecule has 240 valence electrons. The maximum absolute atomic E-state index is 13.2. The molecule has 0 rings (SSSR count). The summed E-state index contributed by atoms with van der Waals surface area (Å²) in [6.45, 7) is 5.65. The Morgan fingerprint density at radius 3 is 1.60 bits per heavy atom. The molecule has 0 aliphatic heterocycles. The molecule has 0 heterocycles. The van der Waals surface area contributed by atoms with E-state index in [4.69, 9.17) is 11.2 Å². The zero-order valence-electron chi connectivity index (χ0n) is 27.0. The fourth-order valence-corrected chi connectivity index (χ4v) is 5.06. The molecule has 0 aliphatic carbocycles. The fraction of sp³-hybridized carbons (Fsp3) is 0.969. The van der Waals surface area contributed by atoms with Crippen molar-refractivity contribution in [3.8, 4) is 0 Å². The highest BCUT2D eigenvalue weighted by molar-refractivity contribution is 5.76. The molecular weight excluding hydrogens is 510 g/mol. The summed E-state index contributed by atoms with van der Waals surface area (Å²) in [4.78, 5) is 14.7. The van der Waals surface area contributed by atoms with Gasteiger partial charge in [-0.25, -0.2) is 0 Å². The van der Waals surface area contributed by atoms with Gasteiger partial charge >= 0.3 is 5.97 Å². The predicted molar refractivity (Wildman–Crippen MR) is 162 cm³/mol. The Bertz CT molecular complexity index is 600. The van der Waals surface area contributed by atoms with Gasteiger partial charge in [-0.05, 0) is 26.8 Å². The molecule has 0 radical (unpaired) electrons. The quantitative estimate of drug-likeness (QED) is 0.0642. The third-order valence-corrected chi connectivity index (χ3v) is 7.99.